The van der Waals surface area contributed by atoms with Crippen LogP contribution < -0.4 is 11.1 Å². The highest BCUT2D eigenvalue weighted by atomic mass is 79.9. The number of nitrogens with zero attached hydrogens (tertiary/aromatic N) is 1. The molecule has 0 atom stereocenters. The molecule has 2 aromatic carbocycles. The van der Waals surface area contributed by atoms with Crippen molar-refractivity contribution in [1.29, 1.82) is 0 Å². The maximum absolute atomic E-state index is 11.0. The van der Waals surface area contributed by atoms with Gasteiger partial charge >= 0.3 is 5.69 Å². The summed E-state index contributed by atoms with van der Waals surface area (Å²) in [6.45, 7) is 0. The number of nitrogen functional groups attached to an aromatic ring is 1. The average molecular weight is 343 g/mol. The molecule has 0 aliphatic rings. The number of anilines is 3. The van der Waals surface area contributed by atoms with Crippen LogP contribution in [-0.4, -0.2) is 4.92 Å². The van der Waals surface area contributed by atoms with Gasteiger partial charge in [0.25, 0.3) is 0 Å². The third-order valence-electron chi connectivity index (χ3n) is 2.45. The van der Waals surface area contributed by atoms with E-state index >= 15 is 0 Å². The molecule has 3 N–H and O–H groups in total. The normalized spacial score (nSPS) is 10.2. The van der Waals surface area contributed by atoms with E-state index in [1.165, 1.54) is 6.07 Å². The third kappa shape index (κ3) is 2.97. The van der Waals surface area contributed by atoms with E-state index in [9.17, 15) is 10.1 Å². The van der Waals surface area contributed by atoms with Crippen molar-refractivity contribution < 1.29 is 4.92 Å². The zero-order chi connectivity index (χ0) is 14.0. The van der Waals surface area contributed by atoms with Crippen LogP contribution >= 0.6 is 27.5 Å². The molecule has 2 aromatic rings. The second-order valence-electron chi connectivity index (χ2n) is 3.75. The van der Waals surface area contributed by atoms with Crippen molar-refractivity contribution in [3.63, 3.8) is 0 Å². The molecule has 2 rings (SSSR count). The molecular formula is C12H9BrClN3O2. The van der Waals surface area contributed by atoms with Gasteiger partial charge in [-0.05, 0) is 30.3 Å². The first kappa shape index (κ1) is 13.6. The number of hydrogen-bond donors (Lipinski definition) is 2. The fourth-order valence-corrected chi connectivity index (χ4v) is 2.32. The van der Waals surface area contributed by atoms with Crippen LogP contribution in [-0.2, 0) is 0 Å². The second-order valence-corrected chi connectivity index (χ2v) is 5.07. The summed E-state index contributed by atoms with van der Waals surface area (Å²) in [6, 6.07) is 9.89. The van der Waals surface area contributed by atoms with Crippen LogP contribution in [0.15, 0.2) is 40.9 Å². The zero-order valence-corrected chi connectivity index (χ0v) is 11.9. The van der Waals surface area contributed by atoms with E-state index in [0.29, 0.717) is 16.4 Å². The number of nitrogens with one attached hydrogen (secondary N) is 1. The summed E-state index contributed by atoms with van der Waals surface area (Å²) in [5.74, 6) is 0. The topological polar surface area (TPSA) is 81.2 Å². The molecule has 0 unspecified atom stereocenters. The number of para-hydroxylation sites is 1. The van der Waals surface area contributed by atoms with Crippen molar-refractivity contribution in [2.45, 2.75) is 0 Å². The van der Waals surface area contributed by atoms with Gasteiger partial charge in [-0.15, -0.1) is 0 Å². The summed E-state index contributed by atoms with van der Waals surface area (Å²) in [4.78, 5) is 10.5. The van der Waals surface area contributed by atoms with Gasteiger partial charge in [0, 0.05) is 4.47 Å². The minimum atomic E-state index is -0.523. The van der Waals surface area contributed by atoms with Crippen molar-refractivity contribution in [2.75, 3.05) is 11.1 Å². The minimum absolute atomic E-state index is 0.100. The summed E-state index contributed by atoms with van der Waals surface area (Å²) >= 11 is 9.35. The van der Waals surface area contributed by atoms with E-state index in [-0.39, 0.29) is 11.4 Å². The standard InChI is InChI=1S/C12H9BrClN3O2/c13-7-4-5-10(8(14)6-7)16-11-3-1-2-9(15)12(11)17(18)19/h1-6,16H,15H2. The van der Waals surface area contributed by atoms with Gasteiger partial charge in [-0.25, -0.2) is 0 Å². The number of halogens is 2. The lowest BCUT2D eigenvalue weighted by atomic mass is 10.2. The maximum atomic E-state index is 11.0. The number of hydrogen-bond acceptors (Lipinski definition) is 4. The Balaban J connectivity index is 2.44. The summed E-state index contributed by atoms with van der Waals surface area (Å²) in [5, 5.41) is 14.4. The van der Waals surface area contributed by atoms with Gasteiger partial charge in [0.1, 0.15) is 11.4 Å². The van der Waals surface area contributed by atoms with Crippen molar-refractivity contribution in [3.05, 3.63) is 56.0 Å². The van der Waals surface area contributed by atoms with Crippen molar-refractivity contribution in [3.8, 4) is 0 Å². The SMILES string of the molecule is Nc1cccc(Nc2ccc(Br)cc2Cl)c1[N+](=O)[O-]. The first-order chi connectivity index (χ1) is 8.99. The number of nitrogens with two attached hydrogens (primary N) is 1. The first-order valence-electron chi connectivity index (χ1n) is 5.24. The molecule has 0 spiro atoms. The van der Waals surface area contributed by atoms with Crippen LogP contribution in [0.3, 0.4) is 0 Å². The van der Waals surface area contributed by atoms with Crippen molar-refractivity contribution >= 4 is 50.3 Å². The second kappa shape index (κ2) is 5.46. The van der Waals surface area contributed by atoms with Crippen LogP contribution in [0.2, 0.25) is 5.02 Å². The van der Waals surface area contributed by atoms with E-state index < -0.39 is 4.92 Å². The summed E-state index contributed by atoms with van der Waals surface area (Å²) in [6.07, 6.45) is 0. The maximum Gasteiger partial charge on any atom is 0.315 e. The number of nitro benzene ring substituents is 1. The fraction of sp³-hybridized carbons (Fsp3) is 0. The Bertz CT molecular complexity index is 649. The third-order valence-corrected chi connectivity index (χ3v) is 3.26. The van der Waals surface area contributed by atoms with Gasteiger partial charge in [-0.1, -0.05) is 33.6 Å². The Kier molecular flexibility index (Phi) is 3.92. The van der Waals surface area contributed by atoms with E-state index in [0.717, 1.165) is 4.47 Å². The van der Waals surface area contributed by atoms with Crippen LogP contribution in [0.1, 0.15) is 0 Å². The van der Waals surface area contributed by atoms with Crippen LogP contribution in [0, 0.1) is 10.1 Å². The first-order valence-corrected chi connectivity index (χ1v) is 6.41. The van der Waals surface area contributed by atoms with Crippen molar-refractivity contribution in [2.24, 2.45) is 0 Å². The highest BCUT2D eigenvalue weighted by Gasteiger charge is 2.18. The Labute approximate surface area is 122 Å². The molecule has 7 heteroatoms. The van der Waals surface area contributed by atoms with Gasteiger partial charge in [-0.2, -0.15) is 0 Å². The fourth-order valence-electron chi connectivity index (χ4n) is 1.60. The lowest BCUT2D eigenvalue weighted by Crippen LogP contribution is -2.01. The predicted molar refractivity (Wildman–Crippen MR) is 79.9 cm³/mol. The summed E-state index contributed by atoms with van der Waals surface area (Å²) in [7, 11) is 0. The Morgan fingerprint density at radius 3 is 2.63 bits per heavy atom. The van der Waals surface area contributed by atoms with Gasteiger partial charge < -0.3 is 11.1 Å². The van der Waals surface area contributed by atoms with E-state index in [2.05, 4.69) is 21.2 Å². The smallest absolute Gasteiger partial charge is 0.315 e. The Morgan fingerprint density at radius 2 is 2.00 bits per heavy atom. The number of benzene rings is 2. The molecule has 0 aliphatic heterocycles. The lowest BCUT2D eigenvalue weighted by Gasteiger charge is -2.10. The molecule has 19 heavy (non-hydrogen) atoms. The number of rotatable bonds is 3. The van der Waals surface area contributed by atoms with Crippen LogP contribution in [0.4, 0.5) is 22.7 Å². The lowest BCUT2D eigenvalue weighted by molar-refractivity contribution is -0.383. The van der Waals surface area contributed by atoms with Gasteiger partial charge in [0.05, 0.1) is 15.6 Å². The highest BCUT2D eigenvalue weighted by molar-refractivity contribution is 9.10. The molecule has 0 aliphatic carbocycles. The predicted octanol–water partition coefficient (Wildman–Crippen LogP) is 4.34. The quantitative estimate of drug-likeness (QED) is 0.494. The molecule has 0 bridgehead atoms. The summed E-state index contributed by atoms with van der Waals surface area (Å²) in [5.41, 5.74) is 6.42. The van der Waals surface area contributed by atoms with Crippen LogP contribution in [0.5, 0.6) is 0 Å². The van der Waals surface area contributed by atoms with Gasteiger partial charge in [0.2, 0.25) is 0 Å². The van der Waals surface area contributed by atoms with Crippen LogP contribution in [0.25, 0.3) is 0 Å². The molecule has 0 amide bonds. The molecule has 0 saturated heterocycles. The molecule has 0 saturated carbocycles. The summed E-state index contributed by atoms with van der Waals surface area (Å²) < 4.78 is 0.824. The largest absolute Gasteiger partial charge is 0.393 e. The minimum Gasteiger partial charge on any atom is -0.393 e. The van der Waals surface area contributed by atoms with E-state index in [1.807, 2.05) is 0 Å². The monoisotopic (exact) mass is 341 g/mol. The molecule has 98 valence electrons. The number of nitro groups is 1. The molecule has 0 heterocycles. The molecule has 0 aromatic heterocycles. The average Bonchev–Trinajstić information content (AvgIpc) is 2.32. The zero-order valence-electron chi connectivity index (χ0n) is 9.56. The molecule has 5 nitrogen and oxygen atoms in total. The molecule has 0 fully saturated rings. The van der Waals surface area contributed by atoms with E-state index in [4.69, 9.17) is 17.3 Å². The van der Waals surface area contributed by atoms with E-state index in [1.54, 1.807) is 30.3 Å². The molecule has 0 radical (unpaired) electrons. The van der Waals surface area contributed by atoms with Gasteiger partial charge in [-0.3, -0.25) is 10.1 Å². The molecular weight excluding hydrogens is 334 g/mol. The highest BCUT2D eigenvalue weighted by Crippen LogP contribution is 2.35. The van der Waals surface area contributed by atoms with Gasteiger partial charge in [0.15, 0.2) is 0 Å². The Morgan fingerprint density at radius 1 is 1.26 bits per heavy atom. The Hall–Kier alpha value is -1.79. The van der Waals surface area contributed by atoms with Crippen molar-refractivity contribution in [1.82, 2.24) is 0 Å².